The van der Waals surface area contributed by atoms with Gasteiger partial charge in [0, 0.05) is 17.0 Å². The number of aliphatic hydroxyl groups is 2. The molecule has 1 aromatic carbocycles. The van der Waals surface area contributed by atoms with Gasteiger partial charge in [0.2, 0.25) is 0 Å². The monoisotopic (exact) mass is 213 g/mol. The second-order valence-corrected chi connectivity index (χ2v) is 3.64. The summed E-state index contributed by atoms with van der Waals surface area (Å²) in [4.78, 5) is 0. The van der Waals surface area contributed by atoms with Crippen LogP contribution in [0, 0.1) is 6.92 Å². The minimum Gasteiger partial charge on any atom is -0.398 e. The Balaban J connectivity index is 3.05. The largest absolute Gasteiger partial charge is 0.398 e. The van der Waals surface area contributed by atoms with Crippen LogP contribution in [0.1, 0.15) is 17.2 Å². The lowest BCUT2D eigenvalue weighted by Crippen LogP contribution is -2.21. The Kier molecular flexibility index (Phi) is 3.80. The molecule has 0 aliphatic rings. The quantitative estimate of drug-likeness (QED) is 0.445. The first-order chi connectivity index (χ1) is 6.57. The molecule has 1 aromatic rings. The van der Waals surface area contributed by atoms with Gasteiger partial charge in [-0.25, -0.2) is 0 Å². The Morgan fingerprint density at radius 1 is 1.43 bits per heavy atom. The van der Waals surface area contributed by atoms with Crippen molar-refractivity contribution in [3.05, 3.63) is 29.3 Å². The molecule has 78 valence electrons. The smallest absolute Gasteiger partial charge is 0.108 e. The third-order valence-electron chi connectivity index (χ3n) is 2.21. The molecule has 0 heterocycles. The average molecular weight is 213 g/mol. The second-order valence-electron chi connectivity index (χ2n) is 3.27. The lowest BCUT2D eigenvalue weighted by Gasteiger charge is -2.19. The summed E-state index contributed by atoms with van der Waals surface area (Å²) in [7, 11) is 0. The number of nitrogen functional groups attached to an aromatic ring is 1. The van der Waals surface area contributed by atoms with Crippen LogP contribution in [0.5, 0.6) is 0 Å². The molecule has 0 spiro atoms. The molecule has 0 radical (unpaired) electrons. The number of hydrogen-bond donors (Lipinski definition) is 4. The lowest BCUT2D eigenvalue weighted by molar-refractivity contribution is 0.0338. The first-order valence-electron chi connectivity index (χ1n) is 4.40. The minimum absolute atomic E-state index is 0.203. The number of hydrogen-bond acceptors (Lipinski definition) is 4. The van der Waals surface area contributed by atoms with Gasteiger partial charge < -0.3 is 15.9 Å². The fourth-order valence-electron chi connectivity index (χ4n) is 1.40. The number of benzene rings is 1. The zero-order chi connectivity index (χ0) is 10.7. The molecular formula is C10H15NO2S. The highest BCUT2D eigenvalue weighted by atomic mass is 32.1. The molecule has 0 saturated carbocycles. The predicted octanol–water partition coefficient (Wildman–Crippen LogP) is 0.901. The molecule has 0 aliphatic carbocycles. The van der Waals surface area contributed by atoms with E-state index in [1.54, 1.807) is 6.07 Å². The van der Waals surface area contributed by atoms with Gasteiger partial charge in [-0.15, -0.1) is 0 Å². The Hall–Kier alpha value is -0.710. The summed E-state index contributed by atoms with van der Waals surface area (Å²) in [6, 6.07) is 5.37. The van der Waals surface area contributed by atoms with E-state index in [1.165, 1.54) is 0 Å². The van der Waals surface area contributed by atoms with Gasteiger partial charge in [-0.2, -0.15) is 12.6 Å². The van der Waals surface area contributed by atoms with Gasteiger partial charge >= 0.3 is 0 Å². The van der Waals surface area contributed by atoms with Crippen molar-refractivity contribution in [1.82, 2.24) is 0 Å². The van der Waals surface area contributed by atoms with Crippen molar-refractivity contribution >= 4 is 18.3 Å². The highest BCUT2D eigenvalue weighted by molar-refractivity contribution is 7.80. The van der Waals surface area contributed by atoms with E-state index in [1.807, 2.05) is 19.1 Å². The second kappa shape index (κ2) is 4.68. The fourth-order valence-corrected chi connectivity index (χ4v) is 1.60. The Morgan fingerprint density at radius 3 is 2.57 bits per heavy atom. The maximum Gasteiger partial charge on any atom is 0.108 e. The van der Waals surface area contributed by atoms with Crippen molar-refractivity contribution in [1.29, 1.82) is 0 Å². The molecule has 4 N–H and O–H groups in total. The predicted molar refractivity (Wildman–Crippen MR) is 60.4 cm³/mol. The summed E-state index contributed by atoms with van der Waals surface area (Å²) in [5.74, 6) is 0.203. The SMILES string of the molecule is Cc1cccc(N)c1C(O)C(O)CS. The van der Waals surface area contributed by atoms with Gasteiger partial charge in [0.15, 0.2) is 0 Å². The summed E-state index contributed by atoms with van der Waals surface area (Å²) in [6.07, 6.45) is -1.85. The lowest BCUT2D eigenvalue weighted by atomic mass is 9.98. The third-order valence-corrected chi connectivity index (χ3v) is 2.58. The highest BCUT2D eigenvalue weighted by Gasteiger charge is 2.20. The minimum atomic E-state index is -0.964. The molecule has 1 rings (SSSR count). The normalized spacial score (nSPS) is 15.1. The molecule has 0 saturated heterocycles. The average Bonchev–Trinajstić information content (AvgIpc) is 2.16. The molecule has 3 nitrogen and oxygen atoms in total. The van der Waals surface area contributed by atoms with Crippen LogP contribution in [-0.2, 0) is 0 Å². The topological polar surface area (TPSA) is 66.5 Å². The first kappa shape index (κ1) is 11.4. The molecule has 0 fully saturated rings. The van der Waals surface area contributed by atoms with Crippen molar-refractivity contribution in [2.24, 2.45) is 0 Å². The van der Waals surface area contributed by atoms with Crippen LogP contribution in [0.25, 0.3) is 0 Å². The van der Waals surface area contributed by atoms with E-state index in [2.05, 4.69) is 12.6 Å². The number of anilines is 1. The van der Waals surface area contributed by atoms with Crippen LogP contribution in [-0.4, -0.2) is 22.1 Å². The Morgan fingerprint density at radius 2 is 2.07 bits per heavy atom. The van der Waals surface area contributed by atoms with Crippen molar-refractivity contribution in [2.45, 2.75) is 19.1 Å². The van der Waals surface area contributed by atoms with Crippen LogP contribution in [0.3, 0.4) is 0 Å². The molecule has 4 heteroatoms. The van der Waals surface area contributed by atoms with Crippen LogP contribution in [0.4, 0.5) is 5.69 Å². The number of rotatable bonds is 3. The maximum absolute atomic E-state index is 9.77. The van der Waals surface area contributed by atoms with Crippen molar-refractivity contribution in [2.75, 3.05) is 11.5 Å². The van der Waals surface area contributed by atoms with E-state index in [-0.39, 0.29) is 5.75 Å². The van der Waals surface area contributed by atoms with E-state index in [4.69, 9.17) is 5.73 Å². The van der Waals surface area contributed by atoms with E-state index in [0.717, 1.165) is 5.56 Å². The van der Waals surface area contributed by atoms with Gasteiger partial charge in [-0.1, -0.05) is 12.1 Å². The van der Waals surface area contributed by atoms with Crippen LogP contribution < -0.4 is 5.73 Å². The molecule has 0 bridgehead atoms. The fraction of sp³-hybridized carbons (Fsp3) is 0.400. The summed E-state index contributed by atoms with van der Waals surface area (Å²) in [5, 5.41) is 19.2. The number of aryl methyl sites for hydroxylation is 1. The first-order valence-corrected chi connectivity index (χ1v) is 5.03. The number of thiol groups is 1. The van der Waals surface area contributed by atoms with E-state index in [9.17, 15) is 10.2 Å². The van der Waals surface area contributed by atoms with Gasteiger partial charge in [-0.05, 0) is 18.6 Å². The van der Waals surface area contributed by atoms with Gasteiger partial charge in [0.25, 0.3) is 0 Å². The standard InChI is InChI=1S/C10H15NO2S/c1-6-3-2-4-7(11)9(6)10(13)8(12)5-14/h2-4,8,10,12-14H,5,11H2,1H3. The molecule has 2 unspecified atom stereocenters. The molecule has 0 aliphatic heterocycles. The van der Waals surface area contributed by atoms with E-state index < -0.39 is 12.2 Å². The zero-order valence-corrected chi connectivity index (χ0v) is 8.91. The highest BCUT2D eigenvalue weighted by Crippen LogP contribution is 2.26. The summed E-state index contributed by atoms with van der Waals surface area (Å²) in [5.41, 5.74) is 7.68. The molecule has 0 aromatic heterocycles. The van der Waals surface area contributed by atoms with Crippen molar-refractivity contribution in [3.63, 3.8) is 0 Å². The molecule has 0 amide bonds. The Labute approximate surface area is 89.0 Å². The summed E-state index contributed by atoms with van der Waals surface area (Å²) in [6.45, 7) is 1.85. The van der Waals surface area contributed by atoms with Gasteiger partial charge in [-0.3, -0.25) is 0 Å². The van der Waals surface area contributed by atoms with Crippen LogP contribution >= 0.6 is 12.6 Å². The van der Waals surface area contributed by atoms with E-state index >= 15 is 0 Å². The molecular weight excluding hydrogens is 198 g/mol. The molecule has 14 heavy (non-hydrogen) atoms. The van der Waals surface area contributed by atoms with Gasteiger partial charge in [0.1, 0.15) is 6.10 Å². The van der Waals surface area contributed by atoms with Crippen molar-refractivity contribution in [3.8, 4) is 0 Å². The summed E-state index contributed by atoms with van der Waals surface area (Å²) >= 11 is 3.92. The number of aliphatic hydroxyl groups excluding tert-OH is 2. The molecule has 2 atom stereocenters. The number of nitrogens with two attached hydrogens (primary N) is 1. The summed E-state index contributed by atoms with van der Waals surface area (Å²) < 4.78 is 0. The van der Waals surface area contributed by atoms with Crippen LogP contribution in [0.15, 0.2) is 18.2 Å². The van der Waals surface area contributed by atoms with Crippen LogP contribution in [0.2, 0.25) is 0 Å². The van der Waals surface area contributed by atoms with E-state index in [0.29, 0.717) is 11.3 Å². The zero-order valence-electron chi connectivity index (χ0n) is 8.01. The van der Waals surface area contributed by atoms with Crippen molar-refractivity contribution < 1.29 is 10.2 Å². The van der Waals surface area contributed by atoms with Gasteiger partial charge in [0.05, 0.1) is 6.10 Å². The maximum atomic E-state index is 9.77. The Bertz CT molecular complexity index is 297. The third kappa shape index (κ3) is 2.20.